The normalized spacial score (nSPS) is 24.4. The molecule has 1 aliphatic heterocycles. The fourth-order valence-electron chi connectivity index (χ4n) is 2.03. The molecule has 1 amide bonds. The number of carbonyl (C=O) groups is 1. The minimum atomic E-state index is -0.317. The lowest BCUT2D eigenvalue weighted by atomic mass is 10.0. The van der Waals surface area contributed by atoms with Crippen LogP contribution in [0.5, 0.6) is 0 Å². The predicted molar refractivity (Wildman–Crippen MR) is 57.8 cm³/mol. The first-order chi connectivity index (χ1) is 6.57. The molecule has 82 valence electrons. The van der Waals surface area contributed by atoms with Crippen molar-refractivity contribution in [2.45, 2.75) is 52.1 Å². The summed E-state index contributed by atoms with van der Waals surface area (Å²) in [5, 5.41) is 0. The molecule has 1 unspecified atom stereocenters. The minimum absolute atomic E-state index is 0.143. The fraction of sp³-hybridized carbons (Fsp3) is 0.909. The zero-order valence-electron chi connectivity index (χ0n) is 9.49. The number of nitrogens with two attached hydrogens (primary N) is 1. The van der Waals surface area contributed by atoms with Gasteiger partial charge in [-0.15, -0.1) is 0 Å². The first-order valence-electron chi connectivity index (χ1n) is 5.64. The van der Waals surface area contributed by atoms with Gasteiger partial charge >= 0.3 is 0 Å². The average molecular weight is 198 g/mol. The molecule has 0 saturated carbocycles. The van der Waals surface area contributed by atoms with Gasteiger partial charge in [0.05, 0.1) is 6.04 Å². The van der Waals surface area contributed by atoms with Gasteiger partial charge in [-0.1, -0.05) is 20.8 Å². The molecule has 0 aliphatic carbocycles. The van der Waals surface area contributed by atoms with Crippen molar-refractivity contribution in [3.8, 4) is 0 Å². The van der Waals surface area contributed by atoms with Gasteiger partial charge in [0.25, 0.3) is 0 Å². The predicted octanol–water partition coefficient (Wildman–Crippen LogP) is 1.37. The molecule has 1 aliphatic rings. The van der Waals surface area contributed by atoms with Crippen molar-refractivity contribution < 1.29 is 4.79 Å². The summed E-state index contributed by atoms with van der Waals surface area (Å²) in [7, 11) is 0. The molecule has 0 aromatic carbocycles. The van der Waals surface area contributed by atoms with E-state index >= 15 is 0 Å². The topological polar surface area (TPSA) is 46.3 Å². The number of rotatable bonds is 3. The SMILES string of the molecule is CCC1CCCN1C(=O)[C@H](N)C(C)C. The maximum Gasteiger partial charge on any atom is 0.239 e. The Hall–Kier alpha value is -0.570. The summed E-state index contributed by atoms with van der Waals surface area (Å²) in [4.78, 5) is 13.9. The lowest BCUT2D eigenvalue weighted by Crippen LogP contribution is -2.48. The van der Waals surface area contributed by atoms with Crippen LogP contribution in [0.15, 0.2) is 0 Å². The second kappa shape index (κ2) is 4.78. The Bertz CT molecular complexity index is 203. The van der Waals surface area contributed by atoms with Gasteiger partial charge in [0, 0.05) is 12.6 Å². The smallest absolute Gasteiger partial charge is 0.239 e. The van der Waals surface area contributed by atoms with Crippen molar-refractivity contribution in [3.63, 3.8) is 0 Å². The summed E-state index contributed by atoms with van der Waals surface area (Å²) < 4.78 is 0. The largest absolute Gasteiger partial charge is 0.338 e. The van der Waals surface area contributed by atoms with Crippen molar-refractivity contribution in [1.29, 1.82) is 0 Å². The molecule has 0 aromatic rings. The van der Waals surface area contributed by atoms with Gasteiger partial charge in [-0.25, -0.2) is 0 Å². The molecule has 0 aromatic heterocycles. The third-order valence-corrected chi connectivity index (χ3v) is 3.13. The minimum Gasteiger partial charge on any atom is -0.338 e. The molecule has 1 heterocycles. The van der Waals surface area contributed by atoms with Crippen LogP contribution in [0, 0.1) is 5.92 Å². The van der Waals surface area contributed by atoms with E-state index in [9.17, 15) is 4.79 Å². The monoisotopic (exact) mass is 198 g/mol. The van der Waals surface area contributed by atoms with E-state index in [2.05, 4.69) is 6.92 Å². The molecule has 0 bridgehead atoms. The fourth-order valence-corrected chi connectivity index (χ4v) is 2.03. The van der Waals surface area contributed by atoms with E-state index in [-0.39, 0.29) is 17.9 Å². The number of carbonyl (C=O) groups excluding carboxylic acids is 1. The number of nitrogens with zero attached hydrogens (tertiary/aromatic N) is 1. The molecule has 2 N–H and O–H groups in total. The third-order valence-electron chi connectivity index (χ3n) is 3.13. The van der Waals surface area contributed by atoms with Crippen LogP contribution < -0.4 is 5.73 Å². The second-order valence-corrected chi connectivity index (χ2v) is 4.51. The van der Waals surface area contributed by atoms with E-state index in [1.165, 1.54) is 0 Å². The van der Waals surface area contributed by atoms with Gasteiger partial charge in [-0.2, -0.15) is 0 Å². The third kappa shape index (κ3) is 2.27. The van der Waals surface area contributed by atoms with Crippen LogP contribution in [-0.4, -0.2) is 29.4 Å². The van der Waals surface area contributed by atoms with Gasteiger partial charge in [0.1, 0.15) is 0 Å². The van der Waals surface area contributed by atoms with E-state index in [0.717, 1.165) is 25.8 Å². The average Bonchev–Trinajstić information content (AvgIpc) is 2.62. The van der Waals surface area contributed by atoms with E-state index in [1.54, 1.807) is 0 Å². The zero-order chi connectivity index (χ0) is 10.7. The summed E-state index contributed by atoms with van der Waals surface area (Å²) >= 11 is 0. The number of likely N-dealkylation sites (tertiary alicyclic amines) is 1. The lowest BCUT2D eigenvalue weighted by Gasteiger charge is -2.28. The maximum atomic E-state index is 12.0. The van der Waals surface area contributed by atoms with Gasteiger partial charge in [0.15, 0.2) is 0 Å². The van der Waals surface area contributed by atoms with Crippen LogP contribution in [0.3, 0.4) is 0 Å². The maximum absolute atomic E-state index is 12.0. The molecule has 3 heteroatoms. The van der Waals surface area contributed by atoms with Crippen molar-refractivity contribution in [2.24, 2.45) is 11.7 Å². The quantitative estimate of drug-likeness (QED) is 0.744. The Morgan fingerprint density at radius 2 is 2.21 bits per heavy atom. The highest BCUT2D eigenvalue weighted by Crippen LogP contribution is 2.21. The lowest BCUT2D eigenvalue weighted by molar-refractivity contribution is -0.134. The van der Waals surface area contributed by atoms with Gasteiger partial charge in [0.2, 0.25) is 5.91 Å². The van der Waals surface area contributed by atoms with E-state index in [0.29, 0.717) is 6.04 Å². The van der Waals surface area contributed by atoms with Gasteiger partial charge < -0.3 is 10.6 Å². The first kappa shape index (κ1) is 11.5. The molecule has 3 nitrogen and oxygen atoms in total. The van der Waals surface area contributed by atoms with Crippen LogP contribution in [0.2, 0.25) is 0 Å². The highest BCUT2D eigenvalue weighted by atomic mass is 16.2. The molecule has 1 saturated heterocycles. The molecule has 2 atom stereocenters. The van der Waals surface area contributed by atoms with Crippen molar-refractivity contribution >= 4 is 5.91 Å². The molecule has 1 rings (SSSR count). The second-order valence-electron chi connectivity index (χ2n) is 4.51. The van der Waals surface area contributed by atoms with Crippen LogP contribution in [0.25, 0.3) is 0 Å². The Labute approximate surface area is 86.6 Å². The first-order valence-corrected chi connectivity index (χ1v) is 5.64. The number of amides is 1. The van der Waals surface area contributed by atoms with Crippen LogP contribution in [0.1, 0.15) is 40.0 Å². The Balaban J connectivity index is 2.59. The Morgan fingerprint density at radius 3 is 2.71 bits per heavy atom. The van der Waals surface area contributed by atoms with Crippen molar-refractivity contribution in [1.82, 2.24) is 4.90 Å². The summed E-state index contributed by atoms with van der Waals surface area (Å²) in [6.07, 6.45) is 3.33. The van der Waals surface area contributed by atoms with Gasteiger partial charge in [-0.05, 0) is 25.2 Å². The molecule has 14 heavy (non-hydrogen) atoms. The number of hydrogen-bond acceptors (Lipinski definition) is 2. The highest BCUT2D eigenvalue weighted by molar-refractivity contribution is 5.82. The van der Waals surface area contributed by atoms with Crippen LogP contribution >= 0.6 is 0 Å². The Kier molecular flexibility index (Phi) is 3.93. The zero-order valence-corrected chi connectivity index (χ0v) is 9.49. The van der Waals surface area contributed by atoms with Crippen molar-refractivity contribution in [3.05, 3.63) is 0 Å². The van der Waals surface area contributed by atoms with Gasteiger partial charge in [-0.3, -0.25) is 4.79 Å². The number of hydrogen-bond donors (Lipinski definition) is 1. The summed E-state index contributed by atoms with van der Waals surface area (Å²) in [5.74, 6) is 0.380. The van der Waals surface area contributed by atoms with Crippen molar-refractivity contribution in [2.75, 3.05) is 6.54 Å². The highest BCUT2D eigenvalue weighted by Gasteiger charge is 2.31. The molecular formula is C11H22N2O. The van der Waals surface area contributed by atoms with E-state index < -0.39 is 0 Å². The standard InChI is InChI=1S/C11H22N2O/c1-4-9-6-5-7-13(9)11(14)10(12)8(2)3/h8-10H,4-7,12H2,1-3H3/t9?,10-/m1/s1. The van der Waals surface area contributed by atoms with Crippen LogP contribution in [0.4, 0.5) is 0 Å². The Morgan fingerprint density at radius 1 is 1.57 bits per heavy atom. The van der Waals surface area contributed by atoms with E-state index in [4.69, 9.17) is 5.73 Å². The van der Waals surface area contributed by atoms with E-state index in [1.807, 2.05) is 18.7 Å². The molecule has 1 fully saturated rings. The molecule has 0 spiro atoms. The molecule has 0 radical (unpaired) electrons. The summed E-state index contributed by atoms with van der Waals surface area (Å²) in [6, 6.07) is 0.120. The molecular weight excluding hydrogens is 176 g/mol. The summed E-state index contributed by atoms with van der Waals surface area (Å²) in [5.41, 5.74) is 5.87. The van der Waals surface area contributed by atoms with Crippen LogP contribution in [-0.2, 0) is 4.79 Å². The summed E-state index contributed by atoms with van der Waals surface area (Å²) in [6.45, 7) is 7.04.